The van der Waals surface area contributed by atoms with Gasteiger partial charge in [0.2, 0.25) is 0 Å². The maximum absolute atomic E-state index is 12.9. The molecule has 172 valence electrons. The van der Waals surface area contributed by atoms with Crippen molar-refractivity contribution in [3.05, 3.63) is 23.3 Å². The largest absolute Gasteiger partial charge is 0.451 e. The van der Waals surface area contributed by atoms with Crippen molar-refractivity contribution in [1.82, 2.24) is 0 Å². The van der Waals surface area contributed by atoms with Crippen LogP contribution >= 0.6 is 0 Å². The van der Waals surface area contributed by atoms with Crippen LogP contribution in [0.15, 0.2) is 23.3 Å². The number of Topliss-reactive ketones (excluding diaryl/α,β-unsaturated/α-hetero) is 1. The number of carbonyl (C=O) groups excluding carboxylic acids is 2. The van der Waals surface area contributed by atoms with E-state index >= 15 is 0 Å². The third kappa shape index (κ3) is 3.27. The lowest BCUT2D eigenvalue weighted by atomic mass is 9.47. The zero-order valence-corrected chi connectivity index (χ0v) is 20.4. The molecule has 0 saturated heterocycles. The van der Waals surface area contributed by atoms with Crippen LogP contribution in [0.4, 0.5) is 0 Å². The maximum Gasteiger partial charge on any atom is 0.303 e. The Kier molecular flexibility index (Phi) is 5.56. The van der Waals surface area contributed by atoms with Crippen molar-refractivity contribution in [1.29, 1.82) is 0 Å². The molecular formula is C27H40O4. The fourth-order valence-electron chi connectivity index (χ4n) is 8.07. The highest BCUT2D eigenvalue weighted by Crippen LogP contribution is 2.68. The first-order valence-electron chi connectivity index (χ1n) is 12.2. The molecule has 0 radical (unpaired) electrons. The van der Waals surface area contributed by atoms with Gasteiger partial charge < -0.3 is 9.47 Å². The molecule has 4 nitrogen and oxygen atoms in total. The highest BCUT2D eigenvalue weighted by molar-refractivity contribution is 5.89. The first-order chi connectivity index (χ1) is 14.4. The molecule has 0 aromatic carbocycles. The molecule has 2 saturated carbocycles. The number of fused-ring (bicyclic) bond motifs is 5. The highest BCUT2D eigenvalue weighted by Gasteiger charge is 2.67. The molecule has 0 N–H and O–H groups in total. The average molecular weight is 429 g/mol. The number of hydrogen-bond acceptors (Lipinski definition) is 4. The van der Waals surface area contributed by atoms with Crippen LogP contribution in [0, 0.1) is 28.6 Å². The van der Waals surface area contributed by atoms with Crippen LogP contribution in [0.25, 0.3) is 0 Å². The number of ether oxygens (including phenoxy) is 2. The summed E-state index contributed by atoms with van der Waals surface area (Å²) in [4.78, 5) is 24.9. The lowest BCUT2D eigenvalue weighted by molar-refractivity contribution is -0.185. The van der Waals surface area contributed by atoms with E-state index in [4.69, 9.17) is 9.47 Å². The molecule has 0 heterocycles. The van der Waals surface area contributed by atoms with E-state index in [1.165, 1.54) is 18.1 Å². The standard InChI is InChI=1S/C27H40O4/c1-16(2)30-20-8-11-25(6)22-9-12-26(7)23(21(22)14-17(3)24(25)15-20)10-13-27(26,18(4)28)31-19(5)29/h14-16,20-23H,8-13H2,1-7H3/t20-,21-,22+,23+,25-,26+,27+/m1/s1. The van der Waals surface area contributed by atoms with Crippen LogP contribution in [0.5, 0.6) is 0 Å². The Morgan fingerprint density at radius 2 is 1.68 bits per heavy atom. The SMILES string of the molecule is CC(=O)O[C@]1(C(C)=O)CC[C@H]2[C@@H]3C=C(C)C4=C[C@H](OC(C)C)CC[C@]4(C)[C@H]3CC[C@@]21C. The zero-order valence-electron chi connectivity index (χ0n) is 20.4. The molecule has 4 aliphatic carbocycles. The average Bonchev–Trinajstić information content (AvgIpc) is 2.96. The van der Waals surface area contributed by atoms with Gasteiger partial charge in [-0.2, -0.15) is 0 Å². The second-order valence-electron chi connectivity index (χ2n) is 11.4. The summed E-state index contributed by atoms with van der Waals surface area (Å²) in [6, 6.07) is 0. The molecule has 31 heavy (non-hydrogen) atoms. The number of rotatable bonds is 4. The Morgan fingerprint density at radius 1 is 1.00 bits per heavy atom. The Labute approximate surface area is 187 Å². The molecule has 4 rings (SSSR count). The summed E-state index contributed by atoms with van der Waals surface area (Å²) in [5.41, 5.74) is 1.75. The molecule has 0 aromatic heterocycles. The zero-order chi connectivity index (χ0) is 22.8. The van der Waals surface area contributed by atoms with Gasteiger partial charge >= 0.3 is 5.97 Å². The number of ketones is 1. The Balaban J connectivity index is 1.72. The molecule has 0 aliphatic heterocycles. The van der Waals surface area contributed by atoms with Crippen molar-refractivity contribution in [2.24, 2.45) is 28.6 Å². The summed E-state index contributed by atoms with van der Waals surface area (Å²) >= 11 is 0. The molecule has 7 atom stereocenters. The number of esters is 1. The van der Waals surface area contributed by atoms with E-state index < -0.39 is 5.60 Å². The number of allylic oxidation sites excluding steroid dienone is 3. The first kappa shape index (κ1) is 22.8. The Hall–Kier alpha value is -1.42. The van der Waals surface area contributed by atoms with Crippen LogP contribution in [0.2, 0.25) is 0 Å². The van der Waals surface area contributed by atoms with Crippen LogP contribution in [0.3, 0.4) is 0 Å². The van der Waals surface area contributed by atoms with Crippen molar-refractivity contribution >= 4 is 11.8 Å². The number of hydrogen-bond donors (Lipinski definition) is 0. The highest BCUT2D eigenvalue weighted by atomic mass is 16.6. The third-order valence-corrected chi connectivity index (χ3v) is 9.39. The van der Waals surface area contributed by atoms with E-state index in [2.05, 4.69) is 46.8 Å². The molecule has 4 heteroatoms. The summed E-state index contributed by atoms with van der Waals surface area (Å²) in [5.74, 6) is 1.05. The van der Waals surface area contributed by atoms with Gasteiger partial charge in [0, 0.05) is 12.3 Å². The Bertz CT molecular complexity index is 838. The molecular weight excluding hydrogens is 388 g/mol. The van der Waals surface area contributed by atoms with Gasteiger partial charge in [0.25, 0.3) is 0 Å². The minimum atomic E-state index is -0.962. The third-order valence-electron chi connectivity index (χ3n) is 9.39. The second kappa shape index (κ2) is 7.57. The molecule has 2 fully saturated rings. The normalized spacial score (nSPS) is 44.0. The lowest BCUT2D eigenvalue weighted by Gasteiger charge is -2.58. The Morgan fingerprint density at radius 3 is 2.29 bits per heavy atom. The second-order valence-corrected chi connectivity index (χ2v) is 11.4. The van der Waals surface area contributed by atoms with Crippen molar-refractivity contribution in [3.63, 3.8) is 0 Å². The summed E-state index contributed by atoms with van der Waals surface area (Å²) < 4.78 is 12.0. The van der Waals surface area contributed by atoms with Gasteiger partial charge in [-0.1, -0.05) is 31.6 Å². The van der Waals surface area contributed by atoms with Gasteiger partial charge in [-0.05, 0) is 95.0 Å². The van der Waals surface area contributed by atoms with Crippen molar-refractivity contribution in [2.75, 3.05) is 0 Å². The topological polar surface area (TPSA) is 52.6 Å². The van der Waals surface area contributed by atoms with E-state index in [0.29, 0.717) is 24.2 Å². The smallest absolute Gasteiger partial charge is 0.303 e. The van der Waals surface area contributed by atoms with E-state index in [-0.39, 0.29) is 34.8 Å². The quantitative estimate of drug-likeness (QED) is 0.531. The van der Waals surface area contributed by atoms with Gasteiger partial charge in [-0.3, -0.25) is 9.59 Å². The first-order valence-corrected chi connectivity index (χ1v) is 12.2. The fourth-order valence-corrected chi connectivity index (χ4v) is 8.07. The van der Waals surface area contributed by atoms with E-state index in [0.717, 1.165) is 32.1 Å². The van der Waals surface area contributed by atoms with Crippen molar-refractivity contribution in [2.45, 2.75) is 105 Å². The molecule has 0 bridgehead atoms. The summed E-state index contributed by atoms with van der Waals surface area (Å²) in [6.45, 7) is 14.2. The monoisotopic (exact) mass is 428 g/mol. The van der Waals surface area contributed by atoms with Crippen LogP contribution < -0.4 is 0 Å². The van der Waals surface area contributed by atoms with Gasteiger partial charge in [0.15, 0.2) is 11.4 Å². The van der Waals surface area contributed by atoms with Crippen molar-refractivity contribution < 1.29 is 19.1 Å². The van der Waals surface area contributed by atoms with E-state index in [9.17, 15) is 9.59 Å². The fraction of sp³-hybridized carbons (Fsp3) is 0.778. The lowest BCUT2D eigenvalue weighted by Crippen LogP contribution is -2.58. The van der Waals surface area contributed by atoms with Crippen LogP contribution in [-0.2, 0) is 19.1 Å². The summed E-state index contributed by atoms with van der Waals surface area (Å²) in [5, 5.41) is 0. The maximum atomic E-state index is 12.9. The predicted molar refractivity (Wildman–Crippen MR) is 121 cm³/mol. The van der Waals surface area contributed by atoms with Gasteiger partial charge in [0.1, 0.15) is 0 Å². The summed E-state index contributed by atoms with van der Waals surface area (Å²) in [7, 11) is 0. The van der Waals surface area contributed by atoms with Crippen molar-refractivity contribution in [3.8, 4) is 0 Å². The molecule has 0 unspecified atom stereocenters. The molecule has 4 aliphatic rings. The van der Waals surface area contributed by atoms with Gasteiger partial charge in [-0.15, -0.1) is 0 Å². The van der Waals surface area contributed by atoms with E-state index in [1.54, 1.807) is 6.92 Å². The minimum Gasteiger partial charge on any atom is -0.451 e. The van der Waals surface area contributed by atoms with E-state index in [1.807, 2.05) is 0 Å². The van der Waals surface area contributed by atoms with Crippen LogP contribution in [-0.4, -0.2) is 29.6 Å². The molecule has 0 spiro atoms. The minimum absolute atomic E-state index is 0.0146. The predicted octanol–water partition coefficient (Wildman–Crippen LogP) is 5.80. The van der Waals surface area contributed by atoms with Crippen LogP contribution in [0.1, 0.15) is 87.0 Å². The summed E-state index contributed by atoms with van der Waals surface area (Å²) in [6.07, 6.45) is 11.2. The number of carbonyl (C=O) groups is 2. The molecule has 0 amide bonds. The van der Waals surface area contributed by atoms with Gasteiger partial charge in [-0.25, -0.2) is 0 Å². The molecule has 0 aromatic rings. The van der Waals surface area contributed by atoms with Gasteiger partial charge in [0.05, 0.1) is 12.2 Å².